The van der Waals surface area contributed by atoms with Gasteiger partial charge in [-0.1, -0.05) is 18.2 Å². The van der Waals surface area contributed by atoms with Crippen LogP contribution in [0.4, 0.5) is 5.69 Å². The van der Waals surface area contributed by atoms with Gasteiger partial charge in [0.05, 0.1) is 0 Å². The van der Waals surface area contributed by atoms with Crippen LogP contribution >= 0.6 is 0 Å². The van der Waals surface area contributed by atoms with Crippen LogP contribution in [0.1, 0.15) is 28.4 Å². The minimum absolute atomic E-state index is 0.0533. The number of anilines is 1. The van der Waals surface area contributed by atoms with Gasteiger partial charge < -0.3 is 15.4 Å². The lowest BCUT2D eigenvalue weighted by Gasteiger charge is -2.11. The third kappa shape index (κ3) is 4.59. The van der Waals surface area contributed by atoms with Gasteiger partial charge in [0.25, 0.3) is 11.8 Å². The Labute approximate surface area is 142 Å². The maximum Gasteiger partial charge on any atom is 0.257 e. The zero-order chi connectivity index (χ0) is 17.5. The predicted molar refractivity (Wildman–Crippen MR) is 94.5 cm³/mol. The quantitative estimate of drug-likeness (QED) is 0.857. The Morgan fingerprint density at radius 3 is 2.58 bits per heavy atom. The molecule has 0 bridgehead atoms. The number of hydrogen-bond donors (Lipinski definition) is 2. The van der Waals surface area contributed by atoms with E-state index in [0.717, 1.165) is 11.1 Å². The summed E-state index contributed by atoms with van der Waals surface area (Å²) in [5.74, 6) is 0.180. The Morgan fingerprint density at radius 1 is 1.08 bits per heavy atom. The molecule has 0 spiro atoms. The standard InChI is InChI=1S/C19H22N2O3/c1-4-20-18(22)12-24-16-9-6-8-15(11-16)21-19(23)17-10-5-7-13(2)14(17)3/h5-11H,4,12H2,1-3H3,(H,20,22)(H,21,23). The molecule has 2 aromatic rings. The fraction of sp³-hybridized carbons (Fsp3) is 0.263. The van der Waals surface area contributed by atoms with Gasteiger partial charge in [-0.3, -0.25) is 9.59 Å². The van der Waals surface area contributed by atoms with Crippen molar-refractivity contribution in [1.29, 1.82) is 0 Å². The maximum absolute atomic E-state index is 12.4. The van der Waals surface area contributed by atoms with Gasteiger partial charge in [-0.05, 0) is 50.1 Å². The van der Waals surface area contributed by atoms with Gasteiger partial charge in [-0.15, -0.1) is 0 Å². The van der Waals surface area contributed by atoms with Gasteiger partial charge in [-0.25, -0.2) is 0 Å². The molecule has 2 rings (SSSR count). The Kier molecular flexibility index (Phi) is 5.95. The van der Waals surface area contributed by atoms with E-state index in [1.165, 1.54) is 0 Å². The summed E-state index contributed by atoms with van der Waals surface area (Å²) in [7, 11) is 0. The number of benzene rings is 2. The molecule has 0 saturated heterocycles. The molecule has 0 saturated carbocycles. The molecule has 0 radical (unpaired) electrons. The first-order valence-electron chi connectivity index (χ1n) is 7.88. The molecule has 126 valence electrons. The smallest absolute Gasteiger partial charge is 0.257 e. The number of ether oxygens (including phenoxy) is 1. The van der Waals surface area contributed by atoms with Crippen LogP contribution in [-0.2, 0) is 4.79 Å². The van der Waals surface area contributed by atoms with Crippen LogP contribution in [0.2, 0.25) is 0 Å². The normalized spacial score (nSPS) is 10.1. The topological polar surface area (TPSA) is 67.4 Å². The largest absolute Gasteiger partial charge is 0.484 e. The molecule has 5 nitrogen and oxygen atoms in total. The zero-order valence-corrected chi connectivity index (χ0v) is 14.2. The van der Waals surface area contributed by atoms with Crippen LogP contribution in [0.15, 0.2) is 42.5 Å². The second kappa shape index (κ2) is 8.15. The van der Waals surface area contributed by atoms with Crippen molar-refractivity contribution in [2.45, 2.75) is 20.8 Å². The molecule has 0 aliphatic carbocycles. The van der Waals surface area contributed by atoms with Crippen molar-refractivity contribution in [3.63, 3.8) is 0 Å². The average molecular weight is 326 g/mol. The first-order valence-corrected chi connectivity index (χ1v) is 7.88. The summed E-state index contributed by atoms with van der Waals surface area (Å²) in [5.41, 5.74) is 3.29. The van der Waals surface area contributed by atoms with E-state index in [1.54, 1.807) is 30.3 Å². The Bertz CT molecular complexity index is 741. The fourth-order valence-corrected chi connectivity index (χ4v) is 2.26. The molecular weight excluding hydrogens is 304 g/mol. The molecule has 0 unspecified atom stereocenters. The first kappa shape index (κ1) is 17.5. The summed E-state index contributed by atoms with van der Waals surface area (Å²) in [6.07, 6.45) is 0. The molecule has 0 aliphatic rings. The first-order chi connectivity index (χ1) is 11.5. The highest BCUT2D eigenvalue weighted by Gasteiger charge is 2.11. The molecule has 2 amide bonds. The van der Waals surface area contributed by atoms with E-state index >= 15 is 0 Å². The van der Waals surface area contributed by atoms with Gasteiger partial charge in [0, 0.05) is 23.9 Å². The van der Waals surface area contributed by atoms with Crippen molar-refractivity contribution >= 4 is 17.5 Å². The lowest BCUT2D eigenvalue weighted by atomic mass is 10.0. The van der Waals surface area contributed by atoms with Crippen LogP contribution in [-0.4, -0.2) is 25.0 Å². The van der Waals surface area contributed by atoms with Crippen LogP contribution in [0.25, 0.3) is 0 Å². The summed E-state index contributed by atoms with van der Waals surface area (Å²) < 4.78 is 5.43. The monoisotopic (exact) mass is 326 g/mol. The molecular formula is C19H22N2O3. The Balaban J connectivity index is 2.05. The highest BCUT2D eigenvalue weighted by molar-refractivity contribution is 6.05. The van der Waals surface area contributed by atoms with Crippen molar-refractivity contribution in [3.8, 4) is 5.75 Å². The number of rotatable bonds is 6. The van der Waals surface area contributed by atoms with E-state index in [9.17, 15) is 9.59 Å². The maximum atomic E-state index is 12.4. The molecule has 5 heteroatoms. The van der Waals surface area contributed by atoms with E-state index < -0.39 is 0 Å². The number of aryl methyl sites for hydroxylation is 1. The van der Waals surface area contributed by atoms with Crippen molar-refractivity contribution in [3.05, 3.63) is 59.2 Å². The van der Waals surface area contributed by atoms with Crippen molar-refractivity contribution in [2.75, 3.05) is 18.5 Å². The molecule has 2 N–H and O–H groups in total. The summed E-state index contributed by atoms with van der Waals surface area (Å²) >= 11 is 0. The lowest BCUT2D eigenvalue weighted by Crippen LogP contribution is -2.28. The van der Waals surface area contributed by atoms with E-state index in [-0.39, 0.29) is 18.4 Å². The third-order valence-electron chi connectivity index (χ3n) is 3.69. The highest BCUT2D eigenvalue weighted by atomic mass is 16.5. The van der Waals surface area contributed by atoms with Gasteiger partial charge in [0.15, 0.2) is 6.61 Å². The van der Waals surface area contributed by atoms with Crippen molar-refractivity contribution < 1.29 is 14.3 Å². The minimum Gasteiger partial charge on any atom is -0.484 e. The van der Waals surface area contributed by atoms with Crippen molar-refractivity contribution in [1.82, 2.24) is 5.32 Å². The molecule has 0 aromatic heterocycles. The summed E-state index contributed by atoms with van der Waals surface area (Å²) in [5, 5.41) is 5.52. The number of hydrogen-bond acceptors (Lipinski definition) is 3. The molecule has 2 aromatic carbocycles. The Hall–Kier alpha value is -2.82. The van der Waals surface area contributed by atoms with E-state index in [1.807, 2.05) is 32.9 Å². The lowest BCUT2D eigenvalue weighted by molar-refractivity contribution is -0.122. The van der Waals surface area contributed by atoms with Gasteiger partial charge in [0.2, 0.25) is 0 Å². The van der Waals surface area contributed by atoms with Crippen LogP contribution in [0.5, 0.6) is 5.75 Å². The summed E-state index contributed by atoms with van der Waals surface area (Å²) in [6, 6.07) is 12.6. The molecule has 0 atom stereocenters. The van der Waals surface area contributed by atoms with Gasteiger partial charge in [0.1, 0.15) is 5.75 Å². The van der Waals surface area contributed by atoms with E-state index in [4.69, 9.17) is 4.74 Å². The second-order valence-corrected chi connectivity index (χ2v) is 5.47. The third-order valence-corrected chi connectivity index (χ3v) is 3.69. The number of amides is 2. The Morgan fingerprint density at radius 2 is 1.83 bits per heavy atom. The average Bonchev–Trinajstić information content (AvgIpc) is 2.56. The van der Waals surface area contributed by atoms with Gasteiger partial charge >= 0.3 is 0 Å². The number of carbonyl (C=O) groups excluding carboxylic acids is 2. The highest BCUT2D eigenvalue weighted by Crippen LogP contribution is 2.19. The molecule has 0 aliphatic heterocycles. The summed E-state index contributed by atoms with van der Waals surface area (Å²) in [6.45, 7) is 6.26. The van der Waals surface area contributed by atoms with E-state index in [2.05, 4.69) is 10.6 Å². The minimum atomic E-state index is -0.178. The van der Waals surface area contributed by atoms with E-state index in [0.29, 0.717) is 23.5 Å². The molecule has 0 heterocycles. The number of nitrogens with one attached hydrogen (secondary N) is 2. The molecule has 0 fully saturated rings. The molecule has 24 heavy (non-hydrogen) atoms. The summed E-state index contributed by atoms with van der Waals surface area (Å²) in [4.78, 5) is 23.9. The van der Waals surface area contributed by atoms with Gasteiger partial charge in [-0.2, -0.15) is 0 Å². The van der Waals surface area contributed by atoms with Crippen LogP contribution in [0.3, 0.4) is 0 Å². The van der Waals surface area contributed by atoms with Crippen LogP contribution < -0.4 is 15.4 Å². The number of likely N-dealkylation sites (N-methyl/N-ethyl adjacent to an activating group) is 1. The zero-order valence-electron chi connectivity index (χ0n) is 14.2. The second-order valence-electron chi connectivity index (χ2n) is 5.47. The SMILES string of the molecule is CCNC(=O)COc1cccc(NC(=O)c2cccc(C)c2C)c1. The van der Waals surface area contributed by atoms with Crippen molar-refractivity contribution in [2.24, 2.45) is 0 Å². The predicted octanol–water partition coefficient (Wildman–Crippen LogP) is 3.07. The fourth-order valence-electron chi connectivity index (χ4n) is 2.26. The van der Waals surface area contributed by atoms with Crippen LogP contribution in [0, 0.1) is 13.8 Å². The number of carbonyl (C=O) groups is 2.